The van der Waals surface area contributed by atoms with E-state index in [4.69, 9.17) is 4.74 Å². The van der Waals surface area contributed by atoms with Crippen LogP contribution in [0.3, 0.4) is 0 Å². The molecule has 2 heterocycles. The van der Waals surface area contributed by atoms with Crippen molar-refractivity contribution in [2.75, 3.05) is 46.9 Å². The zero-order valence-corrected chi connectivity index (χ0v) is 20.1. The van der Waals surface area contributed by atoms with E-state index < -0.39 is 0 Å². The summed E-state index contributed by atoms with van der Waals surface area (Å²) in [6.07, 6.45) is 5.95. The van der Waals surface area contributed by atoms with Gasteiger partial charge in [-0.25, -0.2) is 0 Å². The number of benzene rings is 1. The highest BCUT2D eigenvalue weighted by molar-refractivity contribution is 14.0. The minimum Gasteiger partial charge on any atom is -0.381 e. The van der Waals surface area contributed by atoms with E-state index in [0.717, 1.165) is 51.5 Å². The zero-order chi connectivity index (χ0) is 19.1. The molecule has 2 fully saturated rings. The number of ether oxygens (including phenoxy) is 1. The lowest BCUT2D eigenvalue weighted by Crippen LogP contribution is -2.58. The second kappa shape index (κ2) is 11.4. The van der Waals surface area contributed by atoms with Crippen molar-refractivity contribution in [1.29, 1.82) is 0 Å². The molecule has 28 heavy (non-hydrogen) atoms. The van der Waals surface area contributed by atoms with E-state index in [1.165, 1.54) is 37.1 Å². The van der Waals surface area contributed by atoms with E-state index in [2.05, 4.69) is 58.3 Å². The van der Waals surface area contributed by atoms with Crippen molar-refractivity contribution in [3.63, 3.8) is 0 Å². The second-order valence-electron chi connectivity index (χ2n) is 7.96. The number of halogens is 1. The van der Waals surface area contributed by atoms with Gasteiger partial charge in [-0.1, -0.05) is 31.2 Å². The van der Waals surface area contributed by atoms with E-state index in [0.29, 0.717) is 0 Å². The number of guanidine groups is 1. The SMILES string of the molecule is CCc1ccc(CN(C)C(=NC)NCC2(N3CCCC3)CCOCC2)cc1.I. The lowest BCUT2D eigenvalue weighted by atomic mass is 9.88. The van der Waals surface area contributed by atoms with Crippen LogP contribution in [-0.2, 0) is 17.7 Å². The van der Waals surface area contributed by atoms with Gasteiger partial charge in [0.2, 0.25) is 0 Å². The summed E-state index contributed by atoms with van der Waals surface area (Å²) in [4.78, 5) is 9.46. The summed E-state index contributed by atoms with van der Waals surface area (Å²) >= 11 is 0. The normalized spacial score (nSPS) is 19.9. The fourth-order valence-electron chi connectivity index (χ4n) is 4.41. The first-order valence-corrected chi connectivity index (χ1v) is 10.5. The predicted octanol–water partition coefficient (Wildman–Crippen LogP) is 3.52. The fourth-order valence-corrected chi connectivity index (χ4v) is 4.41. The average Bonchev–Trinajstić information content (AvgIpc) is 3.25. The molecule has 0 radical (unpaired) electrons. The average molecular weight is 500 g/mol. The quantitative estimate of drug-likeness (QED) is 0.369. The molecule has 3 rings (SSSR count). The molecule has 1 N–H and O–H groups in total. The van der Waals surface area contributed by atoms with Crippen molar-refractivity contribution < 1.29 is 4.74 Å². The Morgan fingerprint density at radius 2 is 1.75 bits per heavy atom. The van der Waals surface area contributed by atoms with Gasteiger partial charge in [-0.2, -0.15) is 0 Å². The maximum atomic E-state index is 5.67. The van der Waals surface area contributed by atoms with Gasteiger partial charge in [-0.15, -0.1) is 24.0 Å². The molecule has 0 unspecified atom stereocenters. The third-order valence-corrected chi connectivity index (χ3v) is 6.20. The molecule has 5 nitrogen and oxygen atoms in total. The van der Waals surface area contributed by atoms with E-state index in [1.807, 2.05) is 7.05 Å². The highest BCUT2D eigenvalue weighted by Gasteiger charge is 2.39. The maximum Gasteiger partial charge on any atom is 0.193 e. The molecule has 0 atom stereocenters. The van der Waals surface area contributed by atoms with Crippen molar-refractivity contribution in [2.24, 2.45) is 4.99 Å². The molecule has 0 bridgehead atoms. The number of rotatable bonds is 6. The van der Waals surface area contributed by atoms with Crippen LogP contribution in [0.2, 0.25) is 0 Å². The van der Waals surface area contributed by atoms with Gasteiger partial charge in [0.25, 0.3) is 0 Å². The Kier molecular flexibility index (Phi) is 9.50. The molecule has 0 spiro atoms. The number of hydrogen-bond donors (Lipinski definition) is 1. The van der Waals surface area contributed by atoms with Crippen LogP contribution >= 0.6 is 24.0 Å². The van der Waals surface area contributed by atoms with E-state index >= 15 is 0 Å². The van der Waals surface area contributed by atoms with Gasteiger partial charge in [-0.05, 0) is 56.3 Å². The Morgan fingerprint density at radius 3 is 2.32 bits per heavy atom. The lowest BCUT2D eigenvalue weighted by Gasteiger charge is -2.45. The van der Waals surface area contributed by atoms with Crippen molar-refractivity contribution >= 4 is 29.9 Å². The summed E-state index contributed by atoms with van der Waals surface area (Å²) in [5.41, 5.74) is 2.92. The van der Waals surface area contributed by atoms with Gasteiger partial charge < -0.3 is 15.0 Å². The molecule has 2 saturated heterocycles. The van der Waals surface area contributed by atoms with E-state index in [-0.39, 0.29) is 29.5 Å². The van der Waals surface area contributed by atoms with Crippen LogP contribution in [0.4, 0.5) is 0 Å². The lowest BCUT2D eigenvalue weighted by molar-refractivity contribution is -0.0166. The Balaban J connectivity index is 0.00000280. The summed E-state index contributed by atoms with van der Waals surface area (Å²) in [7, 11) is 4.00. The van der Waals surface area contributed by atoms with Crippen LogP contribution in [0.5, 0.6) is 0 Å². The molecule has 6 heteroatoms. The number of hydrogen-bond acceptors (Lipinski definition) is 3. The highest BCUT2D eigenvalue weighted by atomic mass is 127. The van der Waals surface area contributed by atoms with Crippen molar-refractivity contribution in [3.05, 3.63) is 35.4 Å². The topological polar surface area (TPSA) is 40.1 Å². The first-order valence-electron chi connectivity index (χ1n) is 10.5. The van der Waals surface area contributed by atoms with Crippen molar-refractivity contribution in [2.45, 2.75) is 51.1 Å². The smallest absolute Gasteiger partial charge is 0.193 e. The number of nitrogens with one attached hydrogen (secondary N) is 1. The van der Waals surface area contributed by atoms with Crippen LogP contribution in [0.1, 0.15) is 43.7 Å². The van der Waals surface area contributed by atoms with Crippen molar-refractivity contribution in [1.82, 2.24) is 15.1 Å². The van der Waals surface area contributed by atoms with Crippen LogP contribution < -0.4 is 5.32 Å². The highest BCUT2D eigenvalue weighted by Crippen LogP contribution is 2.30. The summed E-state index contributed by atoms with van der Waals surface area (Å²) in [5.74, 6) is 0.972. The van der Waals surface area contributed by atoms with Gasteiger partial charge in [0.15, 0.2) is 5.96 Å². The van der Waals surface area contributed by atoms with Gasteiger partial charge in [0.1, 0.15) is 0 Å². The molecule has 0 aromatic heterocycles. The third kappa shape index (κ3) is 5.83. The summed E-state index contributed by atoms with van der Waals surface area (Å²) in [5, 5.41) is 3.68. The Morgan fingerprint density at radius 1 is 1.14 bits per heavy atom. The Labute approximate surface area is 187 Å². The maximum absolute atomic E-state index is 5.67. The zero-order valence-electron chi connectivity index (χ0n) is 17.7. The van der Waals surface area contributed by atoms with Gasteiger partial charge in [0, 0.05) is 45.9 Å². The third-order valence-electron chi connectivity index (χ3n) is 6.20. The first-order chi connectivity index (χ1) is 13.2. The molecular formula is C22H37IN4O. The molecule has 2 aliphatic heterocycles. The van der Waals surface area contributed by atoms with Crippen LogP contribution in [0.25, 0.3) is 0 Å². The number of aryl methyl sites for hydroxylation is 1. The molecule has 158 valence electrons. The van der Waals surface area contributed by atoms with Gasteiger partial charge in [0.05, 0.1) is 0 Å². The molecule has 1 aromatic rings. The molecule has 0 amide bonds. The summed E-state index contributed by atoms with van der Waals surface area (Å²) in [6.45, 7) is 8.19. The standard InChI is InChI=1S/C22H36N4O.HI/c1-4-19-7-9-20(10-8-19)17-25(3)21(23-2)24-18-22(11-15-27-16-12-22)26-13-5-6-14-26;/h7-10H,4-6,11-18H2,1-3H3,(H,23,24);1H. The van der Waals surface area contributed by atoms with E-state index in [1.54, 1.807) is 0 Å². The molecular weight excluding hydrogens is 463 g/mol. The first kappa shape index (κ1) is 23.4. The number of nitrogens with zero attached hydrogens (tertiary/aromatic N) is 3. The minimum atomic E-state index is 0. The molecule has 1 aromatic carbocycles. The largest absolute Gasteiger partial charge is 0.381 e. The monoisotopic (exact) mass is 500 g/mol. The molecule has 0 aliphatic carbocycles. The van der Waals surface area contributed by atoms with Gasteiger partial charge in [-0.3, -0.25) is 9.89 Å². The minimum absolute atomic E-state index is 0. The molecule has 0 saturated carbocycles. The molecule has 2 aliphatic rings. The number of aliphatic imine (C=N–C) groups is 1. The fraction of sp³-hybridized carbons (Fsp3) is 0.682. The van der Waals surface area contributed by atoms with Crippen LogP contribution in [0, 0.1) is 0 Å². The predicted molar refractivity (Wildman–Crippen MR) is 128 cm³/mol. The van der Waals surface area contributed by atoms with E-state index in [9.17, 15) is 0 Å². The Hall–Kier alpha value is -0.860. The van der Waals surface area contributed by atoms with Crippen LogP contribution in [0.15, 0.2) is 29.3 Å². The van der Waals surface area contributed by atoms with Crippen molar-refractivity contribution in [3.8, 4) is 0 Å². The summed E-state index contributed by atoms with van der Waals surface area (Å²) in [6, 6.07) is 8.91. The number of likely N-dealkylation sites (tertiary alicyclic amines) is 1. The Bertz CT molecular complexity index is 607. The van der Waals surface area contributed by atoms with Crippen LogP contribution in [-0.4, -0.2) is 68.2 Å². The second-order valence-corrected chi connectivity index (χ2v) is 7.96. The van der Waals surface area contributed by atoms with Gasteiger partial charge >= 0.3 is 0 Å². The summed E-state index contributed by atoms with van der Waals surface area (Å²) < 4.78 is 5.67.